The summed E-state index contributed by atoms with van der Waals surface area (Å²) in [6, 6.07) is 0. The van der Waals surface area contributed by atoms with Crippen LogP contribution < -0.4 is 0 Å². The van der Waals surface area contributed by atoms with Crippen molar-refractivity contribution < 1.29 is 28.3 Å². The Kier molecular flexibility index (Phi) is 9.59. The van der Waals surface area contributed by atoms with Crippen molar-refractivity contribution in [3.05, 3.63) is 24.8 Å². The number of alkyl halides is 1. The number of imidazole rings is 1. The van der Waals surface area contributed by atoms with Gasteiger partial charge >= 0.3 is 0 Å². The fraction of sp³-hybridized carbons (Fsp3) is 0.731. The van der Waals surface area contributed by atoms with Crippen molar-refractivity contribution in [2.24, 2.45) is 5.92 Å². The van der Waals surface area contributed by atoms with Gasteiger partial charge in [0.15, 0.2) is 31.9 Å². The number of rotatable bonds is 9. The van der Waals surface area contributed by atoms with E-state index in [1.165, 1.54) is 28.6 Å². The normalized spacial score (nSPS) is 32.4. The molecular formula is C26H42FN4O5PS2Si. The van der Waals surface area contributed by atoms with Crippen molar-refractivity contribution in [1.29, 1.82) is 0 Å². The van der Waals surface area contributed by atoms with Crippen molar-refractivity contribution >= 4 is 48.8 Å². The van der Waals surface area contributed by atoms with Crippen molar-refractivity contribution in [2.75, 3.05) is 6.61 Å². The van der Waals surface area contributed by atoms with Crippen LogP contribution in [0, 0.1) is 5.92 Å². The predicted molar refractivity (Wildman–Crippen MR) is 164 cm³/mol. The van der Waals surface area contributed by atoms with Gasteiger partial charge in [0.25, 0.3) is 0 Å². The third-order valence-electron chi connectivity index (χ3n) is 8.70. The quantitative estimate of drug-likeness (QED) is 0.197. The molecule has 1 aliphatic heterocycles. The molecule has 0 spiro atoms. The summed E-state index contributed by atoms with van der Waals surface area (Å²) in [5, 5.41) is 20.9. The molecule has 4 rings (SSSR count). The van der Waals surface area contributed by atoms with E-state index in [-0.39, 0.29) is 28.7 Å². The molecule has 0 aromatic carbocycles. The Morgan fingerprint density at radius 2 is 2.08 bits per heavy atom. The zero-order valence-electron chi connectivity index (χ0n) is 24.3. The maximum atomic E-state index is 16.2. The lowest BCUT2D eigenvalue weighted by atomic mass is 9.77. The van der Waals surface area contributed by atoms with Crippen LogP contribution in [0.5, 0.6) is 5.88 Å². The number of aromatic nitrogens is 4. The average Bonchev–Trinajstić information content (AvgIpc) is 3.40. The first-order valence-corrected chi connectivity index (χ1v) is 20.6. The zero-order chi connectivity index (χ0) is 29.6. The van der Waals surface area contributed by atoms with Gasteiger partial charge in [-0.1, -0.05) is 56.1 Å². The first kappa shape index (κ1) is 32.0. The van der Waals surface area contributed by atoms with E-state index in [9.17, 15) is 10.2 Å². The maximum Gasteiger partial charge on any atom is 0.242 e. The summed E-state index contributed by atoms with van der Waals surface area (Å²) in [5.74, 6) is 0.0323. The third-order valence-corrected chi connectivity index (χ3v) is 18.0. The number of fused-ring (bicyclic) bond motifs is 1. The molecule has 2 aromatic rings. The van der Waals surface area contributed by atoms with Gasteiger partial charge in [0, 0.05) is 4.75 Å². The summed E-state index contributed by atoms with van der Waals surface area (Å²) in [6.45, 7) is 18.6. The topological polar surface area (TPSA) is 112 Å². The van der Waals surface area contributed by atoms with E-state index >= 15 is 4.39 Å². The highest BCUT2D eigenvalue weighted by molar-refractivity contribution is 8.63. The molecule has 3 heterocycles. The smallest absolute Gasteiger partial charge is 0.242 e. The summed E-state index contributed by atoms with van der Waals surface area (Å²) in [4.78, 5) is 12.1. The lowest BCUT2D eigenvalue weighted by Crippen LogP contribution is -2.49. The van der Waals surface area contributed by atoms with Gasteiger partial charge < -0.3 is 23.9 Å². The molecule has 1 saturated heterocycles. The van der Waals surface area contributed by atoms with E-state index in [1.54, 1.807) is 0 Å². The van der Waals surface area contributed by atoms with Gasteiger partial charge in [0.1, 0.15) is 24.7 Å². The van der Waals surface area contributed by atoms with E-state index in [0.29, 0.717) is 12.3 Å². The Morgan fingerprint density at radius 1 is 1.38 bits per heavy atom. The number of ether oxygens (including phenoxy) is 1. The van der Waals surface area contributed by atoms with Crippen molar-refractivity contribution in [3.63, 3.8) is 0 Å². The molecule has 2 N–H and O–H groups in total. The Labute approximate surface area is 246 Å². The van der Waals surface area contributed by atoms with Gasteiger partial charge in [-0.3, -0.25) is 4.57 Å². The fourth-order valence-electron chi connectivity index (χ4n) is 4.94. The van der Waals surface area contributed by atoms with Crippen LogP contribution in [0.15, 0.2) is 24.8 Å². The zero-order valence-corrected chi connectivity index (χ0v) is 27.9. The van der Waals surface area contributed by atoms with E-state index in [2.05, 4.69) is 55.4 Å². The molecular weight excluding hydrogens is 591 g/mol. The van der Waals surface area contributed by atoms with Crippen LogP contribution in [-0.4, -0.2) is 73.9 Å². The van der Waals surface area contributed by atoms with Gasteiger partial charge in [0.05, 0.1) is 19.0 Å². The molecule has 1 aliphatic carbocycles. The first-order valence-electron chi connectivity index (χ1n) is 13.6. The van der Waals surface area contributed by atoms with Crippen molar-refractivity contribution in [2.45, 2.75) is 107 Å². The minimum absolute atomic E-state index is 0.0639. The number of halogens is 1. The van der Waals surface area contributed by atoms with E-state index in [0.717, 1.165) is 18.4 Å². The van der Waals surface area contributed by atoms with E-state index < -0.39 is 49.9 Å². The van der Waals surface area contributed by atoms with Crippen LogP contribution in [0.25, 0.3) is 11.2 Å². The van der Waals surface area contributed by atoms with Crippen LogP contribution in [0.3, 0.4) is 0 Å². The second-order valence-electron chi connectivity index (χ2n) is 12.7. The summed E-state index contributed by atoms with van der Waals surface area (Å²) >= 11 is 7.28. The Balaban J connectivity index is 1.51. The molecule has 224 valence electrons. The van der Waals surface area contributed by atoms with Crippen LogP contribution in [0.1, 0.15) is 60.1 Å². The number of aliphatic hydroxyl groups is 1. The lowest BCUT2D eigenvalue weighted by Gasteiger charge is -2.41. The van der Waals surface area contributed by atoms with Crippen molar-refractivity contribution in [3.8, 4) is 5.88 Å². The summed E-state index contributed by atoms with van der Waals surface area (Å²) in [5.41, 5.74) is 1.53. The summed E-state index contributed by atoms with van der Waals surface area (Å²) in [7, 11) is -2.39. The fourth-order valence-corrected chi connectivity index (χ4v) is 11.6. The highest BCUT2D eigenvalue weighted by atomic mass is 32.9. The molecule has 0 bridgehead atoms. The van der Waals surface area contributed by atoms with Crippen LogP contribution >= 0.6 is 17.5 Å². The number of nitrogens with zero attached hydrogens (tertiary/aromatic N) is 4. The minimum Gasteiger partial charge on any atom is -0.492 e. The number of hydrogen-bond donors (Lipinski definition) is 2. The molecule has 1 saturated carbocycles. The van der Waals surface area contributed by atoms with Gasteiger partial charge in [-0.2, -0.15) is 4.98 Å². The summed E-state index contributed by atoms with van der Waals surface area (Å²) < 4.78 is 36.3. The molecule has 2 fully saturated rings. The number of hydrogen-bond acceptors (Lipinski definition) is 10. The third kappa shape index (κ3) is 6.51. The molecule has 8 atom stereocenters. The molecule has 40 heavy (non-hydrogen) atoms. The highest BCUT2D eigenvalue weighted by Crippen LogP contribution is 2.55. The average molecular weight is 633 g/mol. The van der Waals surface area contributed by atoms with Crippen LogP contribution in [0.2, 0.25) is 18.1 Å². The highest BCUT2D eigenvalue weighted by Gasteiger charge is 2.52. The molecule has 14 heteroatoms. The molecule has 2 aromatic heterocycles. The molecule has 0 radical (unpaired) electrons. The van der Waals surface area contributed by atoms with Crippen LogP contribution in [-0.2, 0) is 25.5 Å². The number of aliphatic hydroxyl groups excluding tert-OH is 1. The number of allylic oxidation sites excluding steroid dienone is 1. The molecule has 2 aliphatic rings. The van der Waals surface area contributed by atoms with Gasteiger partial charge in [0.2, 0.25) is 5.88 Å². The second-order valence-corrected chi connectivity index (χ2v) is 23.0. The number of aromatic hydroxyl groups is 1. The van der Waals surface area contributed by atoms with E-state index in [4.69, 9.17) is 25.5 Å². The Bertz CT molecular complexity index is 1260. The van der Waals surface area contributed by atoms with E-state index in [1.807, 2.05) is 13.8 Å². The van der Waals surface area contributed by atoms with Crippen molar-refractivity contribution in [1.82, 2.24) is 19.5 Å². The second kappa shape index (κ2) is 12.0. The van der Waals surface area contributed by atoms with Gasteiger partial charge in [-0.15, -0.1) is 0 Å². The standard InChI is InChI=1S/C26H42FN4O5PS2Si/c1-15(2)16-9-10-26(6,18(32)11-16)39-37(38)34-12-17-21(36-40(7,8)25(3,4)5)19(27)24(35-17)31-14-30-20-22(31)28-13-29-23(20)33/h13-14,16-19,21,24,32,37H,1,9-12H2,2-8H3,(H,28,29,33)/t16-,17-,18+,19-,21?,24-,26+/m1/s1. The summed E-state index contributed by atoms with van der Waals surface area (Å²) in [6.07, 6.45) is -1.53. The van der Waals surface area contributed by atoms with Crippen LogP contribution in [0.4, 0.5) is 4.39 Å². The van der Waals surface area contributed by atoms with Gasteiger partial charge in [-0.25, -0.2) is 14.4 Å². The molecule has 9 nitrogen and oxygen atoms in total. The lowest BCUT2D eigenvalue weighted by molar-refractivity contribution is -0.0377. The Morgan fingerprint density at radius 3 is 2.70 bits per heavy atom. The maximum absolute atomic E-state index is 16.2. The molecule has 0 amide bonds. The minimum atomic E-state index is -2.39. The predicted octanol–water partition coefficient (Wildman–Crippen LogP) is 5.91. The first-order chi connectivity index (χ1) is 18.5. The monoisotopic (exact) mass is 632 g/mol. The van der Waals surface area contributed by atoms with Gasteiger partial charge in [-0.05, 0) is 57.2 Å². The largest absolute Gasteiger partial charge is 0.492 e. The SMILES string of the molecule is C=C(C)[C@@H]1CC[C@](C)(S[PH](=S)OC[C@H]2O[C@@H](n3cnc4c(O)ncnc43)[C@H](F)C2O[Si](C)(C)C(C)(C)C)[C@@H](O)C1. The Hall–Kier alpha value is -0.923. The molecule has 2 unspecified atom stereocenters.